The van der Waals surface area contributed by atoms with E-state index in [9.17, 15) is 4.79 Å². The number of thiazole rings is 1. The molecule has 1 amide bonds. The number of fused-ring (bicyclic) bond motifs is 1. The minimum absolute atomic E-state index is 0.0684. The molecule has 7 heteroatoms. The first kappa shape index (κ1) is 23.3. The lowest BCUT2D eigenvalue weighted by molar-refractivity contribution is -0.121. The van der Waals surface area contributed by atoms with Crippen LogP contribution < -0.4 is 14.8 Å². The molecule has 0 spiro atoms. The molecule has 0 radical (unpaired) electrons. The maximum absolute atomic E-state index is 12.5. The number of carbonyl (C=O) groups excluding carboxylic acids is 1. The molecule has 1 unspecified atom stereocenters. The first-order chi connectivity index (χ1) is 16.1. The van der Waals surface area contributed by atoms with Gasteiger partial charge < -0.3 is 14.8 Å². The fourth-order valence-electron chi connectivity index (χ4n) is 3.94. The molecule has 1 aromatic heterocycles. The van der Waals surface area contributed by atoms with E-state index in [0.717, 1.165) is 59.3 Å². The summed E-state index contributed by atoms with van der Waals surface area (Å²) < 4.78 is 11.6. The van der Waals surface area contributed by atoms with Crippen molar-refractivity contribution in [2.24, 2.45) is 0 Å². The maximum Gasteiger partial charge on any atom is 0.221 e. The number of carbonyl (C=O) groups is 1. The average molecular weight is 466 g/mol. The SMILES string of the molecule is CCC1CN(CCC(=O)NCCc2nc(-c3ccccc3)cs2)Cc2cc(OC)ccc2O1. The van der Waals surface area contributed by atoms with Gasteiger partial charge in [0.1, 0.15) is 17.6 Å². The lowest BCUT2D eigenvalue weighted by atomic mass is 10.1. The van der Waals surface area contributed by atoms with Crippen LogP contribution in [0.5, 0.6) is 11.5 Å². The summed E-state index contributed by atoms with van der Waals surface area (Å²) in [6.07, 6.45) is 2.24. The Morgan fingerprint density at radius 1 is 1.27 bits per heavy atom. The van der Waals surface area contributed by atoms with Gasteiger partial charge in [-0.15, -0.1) is 11.3 Å². The molecule has 4 rings (SSSR count). The van der Waals surface area contributed by atoms with Crippen molar-refractivity contribution in [1.82, 2.24) is 15.2 Å². The van der Waals surface area contributed by atoms with Crippen LogP contribution >= 0.6 is 11.3 Å². The molecule has 0 fully saturated rings. The van der Waals surface area contributed by atoms with Crippen molar-refractivity contribution >= 4 is 17.2 Å². The van der Waals surface area contributed by atoms with Crippen LogP contribution in [-0.2, 0) is 17.8 Å². The Labute approximate surface area is 199 Å². The summed E-state index contributed by atoms with van der Waals surface area (Å²) in [5.74, 6) is 1.80. The minimum atomic E-state index is 0.0684. The largest absolute Gasteiger partial charge is 0.497 e. The fraction of sp³-hybridized carbons (Fsp3) is 0.385. The Morgan fingerprint density at radius 3 is 2.91 bits per heavy atom. The molecule has 1 N–H and O–H groups in total. The predicted molar refractivity (Wildman–Crippen MR) is 132 cm³/mol. The second-order valence-electron chi connectivity index (χ2n) is 8.20. The van der Waals surface area contributed by atoms with Crippen LogP contribution in [0.4, 0.5) is 0 Å². The number of hydrogen-bond acceptors (Lipinski definition) is 6. The van der Waals surface area contributed by atoms with E-state index in [4.69, 9.17) is 14.5 Å². The zero-order chi connectivity index (χ0) is 23.0. The first-order valence-corrected chi connectivity index (χ1v) is 12.3. The molecule has 1 aliphatic heterocycles. The van der Waals surface area contributed by atoms with E-state index in [1.165, 1.54) is 0 Å². The third kappa shape index (κ3) is 6.33. The van der Waals surface area contributed by atoms with Crippen molar-refractivity contribution in [2.45, 2.75) is 38.8 Å². The van der Waals surface area contributed by atoms with Crippen LogP contribution in [0.15, 0.2) is 53.9 Å². The molecular weight excluding hydrogens is 434 g/mol. The monoisotopic (exact) mass is 465 g/mol. The lowest BCUT2D eigenvalue weighted by Gasteiger charge is -2.22. The van der Waals surface area contributed by atoms with Gasteiger partial charge in [-0.3, -0.25) is 9.69 Å². The molecule has 6 nitrogen and oxygen atoms in total. The average Bonchev–Trinajstić information content (AvgIpc) is 3.24. The highest BCUT2D eigenvalue weighted by molar-refractivity contribution is 7.09. The highest BCUT2D eigenvalue weighted by atomic mass is 32.1. The van der Waals surface area contributed by atoms with E-state index in [2.05, 4.69) is 34.7 Å². The highest BCUT2D eigenvalue weighted by Crippen LogP contribution is 2.29. The fourth-order valence-corrected chi connectivity index (χ4v) is 4.75. The van der Waals surface area contributed by atoms with Gasteiger partial charge in [0.15, 0.2) is 0 Å². The Kier molecular flexibility index (Phi) is 7.96. The summed E-state index contributed by atoms with van der Waals surface area (Å²) in [6, 6.07) is 16.1. The molecule has 2 heterocycles. The summed E-state index contributed by atoms with van der Waals surface area (Å²) in [6.45, 7) is 4.98. The zero-order valence-corrected chi connectivity index (χ0v) is 20.1. The number of rotatable bonds is 9. The topological polar surface area (TPSA) is 63.7 Å². The molecule has 0 bridgehead atoms. The van der Waals surface area contributed by atoms with Gasteiger partial charge in [0.2, 0.25) is 5.91 Å². The van der Waals surface area contributed by atoms with E-state index in [-0.39, 0.29) is 12.0 Å². The third-order valence-electron chi connectivity index (χ3n) is 5.81. The smallest absolute Gasteiger partial charge is 0.221 e. The van der Waals surface area contributed by atoms with Crippen molar-refractivity contribution in [2.75, 3.05) is 26.7 Å². The van der Waals surface area contributed by atoms with E-state index in [0.29, 0.717) is 19.5 Å². The molecule has 0 saturated heterocycles. The zero-order valence-electron chi connectivity index (χ0n) is 19.3. The first-order valence-electron chi connectivity index (χ1n) is 11.5. The molecule has 174 valence electrons. The molecule has 2 aromatic carbocycles. The predicted octanol–water partition coefficient (Wildman–Crippen LogP) is 4.54. The van der Waals surface area contributed by atoms with Crippen LogP contribution in [0.25, 0.3) is 11.3 Å². The third-order valence-corrected chi connectivity index (χ3v) is 6.72. The van der Waals surface area contributed by atoms with Gasteiger partial charge in [0, 0.05) is 55.5 Å². The Hall–Kier alpha value is -2.90. The van der Waals surface area contributed by atoms with Crippen LogP contribution in [-0.4, -0.2) is 48.6 Å². The van der Waals surface area contributed by atoms with Crippen molar-refractivity contribution in [3.8, 4) is 22.8 Å². The van der Waals surface area contributed by atoms with Crippen molar-refractivity contribution < 1.29 is 14.3 Å². The van der Waals surface area contributed by atoms with Crippen LogP contribution in [0.2, 0.25) is 0 Å². The number of amides is 1. The highest BCUT2D eigenvalue weighted by Gasteiger charge is 2.22. The molecule has 3 aromatic rings. The number of hydrogen-bond donors (Lipinski definition) is 1. The second kappa shape index (κ2) is 11.3. The minimum Gasteiger partial charge on any atom is -0.497 e. The number of benzene rings is 2. The number of nitrogens with one attached hydrogen (secondary N) is 1. The van der Waals surface area contributed by atoms with Crippen molar-refractivity contribution in [1.29, 1.82) is 0 Å². The van der Waals surface area contributed by atoms with E-state index in [1.807, 2.05) is 36.4 Å². The number of aromatic nitrogens is 1. The summed E-state index contributed by atoms with van der Waals surface area (Å²) in [4.78, 5) is 19.5. The van der Waals surface area contributed by atoms with Gasteiger partial charge in [-0.05, 0) is 24.6 Å². The molecule has 0 saturated carbocycles. The van der Waals surface area contributed by atoms with Gasteiger partial charge in [-0.2, -0.15) is 0 Å². The van der Waals surface area contributed by atoms with Gasteiger partial charge in [-0.1, -0.05) is 37.3 Å². The number of methoxy groups -OCH3 is 1. The van der Waals surface area contributed by atoms with Gasteiger partial charge in [0.05, 0.1) is 17.8 Å². The summed E-state index contributed by atoms with van der Waals surface area (Å²) >= 11 is 1.64. The van der Waals surface area contributed by atoms with Gasteiger partial charge in [0.25, 0.3) is 0 Å². The quantitative estimate of drug-likeness (QED) is 0.503. The van der Waals surface area contributed by atoms with Crippen molar-refractivity contribution in [3.05, 3.63) is 64.5 Å². The van der Waals surface area contributed by atoms with Crippen LogP contribution in [0, 0.1) is 0 Å². The van der Waals surface area contributed by atoms with Crippen molar-refractivity contribution in [3.63, 3.8) is 0 Å². The molecular formula is C26H31N3O3S. The van der Waals surface area contributed by atoms with E-state index < -0.39 is 0 Å². The van der Waals surface area contributed by atoms with Gasteiger partial charge >= 0.3 is 0 Å². The Balaban J connectivity index is 1.25. The number of ether oxygens (including phenoxy) is 2. The van der Waals surface area contributed by atoms with E-state index in [1.54, 1.807) is 18.4 Å². The lowest BCUT2D eigenvalue weighted by Crippen LogP contribution is -2.36. The molecule has 0 aliphatic carbocycles. The summed E-state index contributed by atoms with van der Waals surface area (Å²) in [5, 5.41) is 6.16. The summed E-state index contributed by atoms with van der Waals surface area (Å²) in [7, 11) is 1.67. The molecule has 1 atom stereocenters. The number of nitrogens with zero attached hydrogens (tertiary/aromatic N) is 2. The van der Waals surface area contributed by atoms with E-state index >= 15 is 0 Å². The van der Waals surface area contributed by atoms with Gasteiger partial charge in [-0.25, -0.2) is 4.98 Å². The maximum atomic E-state index is 12.5. The molecule has 33 heavy (non-hydrogen) atoms. The normalized spacial score (nSPS) is 15.9. The standard InChI is InChI=1S/C26H31N3O3S/c1-3-21-17-29(16-20-15-22(31-2)9-10-24(20)32-21)14-12-25(30)27-13-11-26-28-23(18-33-26)19-7-5-4-6-8-19/h4-10,15,18,21H,3,11-14,16-17H2,1-2H3,(H,27,30). The Bertz CT molecular complexity index is 1050. The summed E-state index contributed by atoms with van der Waals surface area (Å²) in [5.41, 5.74) is 3.21. The van der Waals surface area contributed by atoms with Crippen LogP contribution in [0.1, 0.15) is 30.3 Å². The van der Waals surface area contributed by atoms with Crippen LogP contribution in [0.3, 0.4) is 0 Å². The second-order valence-corrected chi connectivity index (χ2v) is 9.14. The Morgan fingerprint density at radius 2 is 2.12 bits per heavy atom. The molecule has 1 aliphatic rings.